The van der Waals surface area contributed by atoms with Gasteiger partial charge in [0.1, 0.15) is 18.3 Å². The zero-order valence-electron chi connectivity index (χ0n) is 7.93. The van der Waals surface area contributed by atoms with E-state index in [9.17, 15) is 5.11 Å². The molecule has 0 amide bonds. The Labute approximate surface area is 83.3 Å². The van der Waals surface area contributed by atoms with Crippen LogP contribution in [0.25, 0.3) is 0 Å². The summed E-state index contributed by atoms with van der Waals surface area (Å²) in [4.78, 5) is 5.17. The number of aliphatic hydroxyl groups is 2. The summed E-state index contributed by atoms with van der Waals surface area (Å²) >= 11 is 0. The van der Waals surface area contributed by atoms with Crippen LogP contribution in [0.4, 0.5) is 0 Å². The van der Waals surface area contributed by atoms with Gasteiger partial charge in [0.25, 0.3) is 0 Å². The van der Waals surface area contributed by atoms with Crippen LogP contribution in [0.1, 0.15) is 6.42 Å². The SMILES string of the molecule is C=CCNOC1C[CH]OC(CO)C1O. The van der Waals surface area contributed by atoms with Crippen LogP contribution in [-0.2, 0) is 9.57 Å². The summed E-state index contributed by atoms with van der Waals surface area (Å²) < 4.78 is 5.02. The summed E-state index contributed by atoms with van der Waals surface area (Å²) in [6, 6.07) is 0. The van der Waals surface area contributed by atoms with Crippen molar-refractivity contribution in [1.82, 2.24) is 5.48 Å². The van der Waals surface area contributed by atoms with Gasteiger partial charge in [0.2, 0.25) is 0 Å². The number of hydroxylamine groups is 1. The molecule has 0 aromatic heterocycles. The Kier molecular flexibility index (Phi) is 5.06. The average molecular weight is 202 g/mol. The van der Waals surface area contributed by atoms with Gasteiger partial charge in [-0.2, -0.15) is 5.48 Å². The van der Waals surface area contributed by atoms with E-state index in [2.05, 4.69) is 12.1 Å². The Morgan fingerprint density at radius 3 is 3.14 bits per heavy atom. The molecule has 3 unspecified atom stereocenters. The molecular weight excluding hydrogens is 186 g/mol. The Morgan fingerprint density at radius 2 is 2.50 bits per heavy atom. The fraction of sp³-hybridized carbons (Fsp3) is 0.667. The molecule has 1 rings (SSSR count). The summed E-state index contributed by atoms with van der Waals surface area (Å²) in [5, 5.41) is 18.5. The third-order valence-corrected chi connectivity index (χ3v) is 2.00. The number of hydrogen-bond acceptors (Lipinski definition) is 5. The van der Waals surface area contributed by atoms with Crippen molar-refractivity contribution in [1.29, 1.82) is 0 Å². The molecule has 0 spiro atoms. The first-order valence-corrected chi connectivity index (χ1v) is 4.55. The van der Waals surface area contributed by atoms with Crippen LogP contribution in [-0.4, -0.2) is 41.7 Å². The fourth-order valence-electron chi connectivity index (χ4n) is 1.22. The molecule has 81 valence electrons. The number of nitrogens with one attached hydrogen (secondary N) is 1. The minimum Gasteiger partial charge on any atom is -0.394 e. The van der Waals surface area contributed by atoms with Crippen molar-refractivity contribution in [3.05, 3.63) is 19.3 Å². The van der Waals surface area contributed by atoms with Gasteiger partial charge in [0, 0.05) is 13.0 Å². The lowest BCUT2D eigenvalue weighted by atomic mass is 10.0. The van der Waals surface area contributed by atoms with Crippen LogP contribution in [0.5, 0.6) is 0 Å². The van der Waals surface area contributed by atoms with E-state index in [0.717, 1.165) is 0 Å². The average Bonchev–Trinajstić information content (AvgIpc) is 2.21. The Hall–Kier alpha value is -0.460. The van der Waals surface area contributed by atoms with Crippen molar-refractivity contribution in [2.45, 2.75) is 24.7 Å². The molecule has 1 fully saturated rings. The maximum Gasteiger partial charge on any atom is 0.111 e. The highest BCUT2D eigenvalue weighted by Crippen LogP contribution is 2.19. The molecule has 0 aliphatic carbocycles. The highest BCUT2D eigenvalue weighted by Gasteiger charge is 2.33. The predicted molar refractivity (Wildman–Crippen MR) is 50.0 cm³/mol. The van der Waals surface area contributed by atoms with Crippen molar-refractivity contribution in [3.8, 4) is 0 Å². The van der Waals surface area contributed by atoms with Gasteiger partial charge in [-0.25, -0.2) is 0 Å². The molecule has 0 aromatic carbocycles. The topological polar surface area (TPSA) is 71.0 Å². The molecular formula is C9H16NO4. The normalized spacial score (nSPS) is 32.9. The van der Waals surface area contributed by atoms with Gasteiger partial charge >= 0.3 is 0 Å². The van der Waals surface area contributed by atoms with Crippen LogP contribution in [0.15, 0.2) is 12.7 Å². The number of hydrogen-bond donors (Lipinski definition) is 3. The van der Waals surface area contributed by atoms with Crippen molar-refractivity contribution >= 4 is 0 Å². The second-order valence-corrected chi connectivity index (χ2v) is 3.04. The van der Waals surface area contributed by atoms with E-state index < -0.39 is 12.2 Å². The second kappa shape index (κ2) is 6.10. The monoisotopic (exact) mass is 202 g/mol. The zero-order chi connectivity index (χ0) is 10.4. The summed E-state index contributed by atoms with van der Waals surface area (Å²) in [6.07, 6.45) is 0.336. The molecule has 3 N–H and O–H groups in total. The van der Waals surface area contributed by atoms with Gasteiger partial charge in [-0.15, -0.1) is 6.58 Å². The molecule has 1 radical (unpaired) electrons. The Balaban J connectivity index is 2.31. The molecule has 1 saturated heterocycles. The van der Waals surface area contributed by atoms with E-state index in [1.165, 1.54) is 6.61 Å². The smallest absolute Gasteiger partial charge is 0.111 e. The first-order valence-electron chi connectivity index (χ1n) is 4.55. The van der Waals surface area contributed by atoms with Gasteiger partial charge in [0.15, 0.2) is 0 Å². The van der Waals surface area contributed by atoms with Gasteiger partial charge < -0.3 is 14.9 Å². The van der Waals surface area contributed by atoms with E-state index in [1.807, 2.05) is 0 Å². The van der Waals surface area contributed by atoms with Crippen LogP contribution >= 0.6 is 0 Å². The first kappa shape index (κ1) is 11.6. The van der Waals surface area contributed by atoms with E-state index in [4.69, 9.17) is 14.7 Å². The lowest BCUT2D eigenvalue weighted by Gasteiger charge is -2.32. The lowest BCUT2D eigenvalue weighted by molar-refractivity contribution is -0.165. The van der Waals surface area contributed by atoms with Gasteiger partial charge in [0.05, 0.1) is 13.2 Å². The third-order valence-electron chi connectivity index (χ3n) is 2.00. The summed E-state index contributed by atoms with van der Waals surface area (Å²) in [7, 11) is 0. The molecule has 0 bridgehead atoms. The minimum atomic E-state index is -0.817. The molecule has 3 atom stereocenters. The summed E-state index contributed by atoms with van der Waals surface area (Å²) in [5.74, 6) is 0. The van der Waals surface area contributed by atoms with E-state index in [-0.39, 0.29) is 12.7 Å². The van der Waals surface area contributed by atoms with E-state index in [0.29, 0.717) is 13.0 Å². The van der Waals surface area contributed by atoms with Crippen LogP contribution in [0.3, 0.4) is 0 Å². The molecule has 0 aromatic rings. The quantitative estimate of drug-likeness (QED) is 0.314. The maximum atomic E-state index is 9.63. The second-order valence-electron chi connectivity index (χ2n) is 3.04. The van der Waals surface area contributed by atoms with Crippen molar-refractivity contribution < 1.29 is 19.8 Å². The number of rotatable bonds is 5. The largest absolute Gasteiger partial charge is 0.394 e. The minimum absolute atomic E-state index is 0.223. The third kappa shape index (κ3) is 3.04. The van der Waals surface area contributed by atoms with Gasteiger partial charge in [-0.05, 0) is 0 Å². The van der Waals surface area contributed by atoms with Crippen LogP contribution in [0.2, 0.25) is 0 Å². The molecule has 1 aliphatic rings. The lowest BCUT2D eigenvalue weighted by Crippen LogP contribution is -2.47. The fourth-order valence-corrected chi connectivity index (χ4v) is 1.22. The Morgan fingerprint density at radius 1 is 1.71 bits per heavy atom. The number of aliphatic hydroxyl groups excluding tert-OH is 2. The molecule has 5 heteroatoms. The molecule has 5 nitrogen and oxygen atoms in total. The van der Waals surface area contributed by atoms with Crippen molar-refractivity contribution in [2.75, 3.05) is 13.2 Å². The maximum absolute atomic E-state index is 9.63. The molecule has 0 saturated carbocycles. The molecule has 14 heavy (non-hydrogen) atoms. The van der Waals surface area contributed by atoms with Gasteiger partial charge in [-0.1, -0.05) is 6.08 Å². The van der Waals surface area contributed by atoms with Crippen molar-refractivity contribution in [3.63, 3.8) is 0 Å². The highest BCUT2D eigenvalue weighted by atomic mass is 16.7. The van der Waals surface area contributed by atoms with Crippen molar-refractivity contribution in [2.24, 2.45) is 0 Å². The van der Waals surface area contributed by atoms with Crippen LogP contribution < -0.4 is 5.48 Å². The first-order chi connectivity index (χ1) is 6.79. The van der Waals surface area contributed by atoms with Gasteiger partial charge in [-0.3, -0.25) is 4.84 Å². The van der Waals surface area contributed by atoms with Crippen LogP contribution in [0, 0.1) is 6.61 Å². The Bertz CT molecular complexity index is 176. The highest BCUT2D eigenvalue weighted by molar-refractivity contribution is 4.85. The predicted octanol–water partition coefficient (Wildman–Crippen LogP) is -0.634. The molecule has 1 aliphatic heterocycles. The summed E-state index contributed by atoms with van der Waals surface area (Å²) in [5.41, 5.74) is 2.64. The van der Waals surface area contributed by atoms with E-state index >= 15 is 0 Å². The number of ether oxygens (including phenoxy) is 1. The zero-order valence-corrected chi connectivity index (χ0v) is 7.93. The van der Waals surface area contributed by atoms with E-state index in [1.54, 1.807) is 6.08 Å². The molecule has 1 heterocycles. The summed E-state index contributed by atoms with van der Waals surface area (Å²) in [6.45, 7) is 5.34. The standard InChI is InChI=1S/C9H16NO4/c1-2-4-10-14-7-3-5-13-8(6-11)9(7)12/h2,5,7-12H,1,3-4,6H2.